The van der Waals surface area contributed by atoms with Gasteiger partial charge in [0.1, 0.15) is 29.8 Å². The fourth-order valence-corrected chi connectivity index (χ4v) is 3.26. The molecule has 4 rings (SSSR count). The van der Waals surface area contributed by atoms with Gasteiger partial charge in [-0.3, -0.25) is 9.59 Å². The van der Waals surface area contributed by atoms with Crippen LogP contribution in [0.15, 0.2) is 36.7 Å². The molecule has 0 aliphatic heterocycles. The molecule has 1 saturated carbocycles. The molecule has 166 valence electrons. The van der Waals surface area contributed by atoms with Crippen molar-refractivity contribution in [3.8, 4) is 11.5 Å². The van der Waals surface area contributed by atoms with Crippen LogP contribution in [-0.2, 0) is 4.79 Å². The van der Waals surface area contributed by atoms with Gasteiger partial charge in [-0.1, -0.05) is 6.07 Å². The molecule has 10 heteroatoms. The first kappa shape index (κ1) is 21.5. The summed E-state index contributed by atoms with van der Waals surface area (Å²) in [7, 11) is 0. The minimum atomic E-state index is -1.15. The van der Waals surface area contributed by atoms with Crippen molar-refractivity contribution in [1.29, 1.82) is 0 Å². The van der Waals surface area contributed by atoms with Crippen molar-refractivity contribution in [2.24, 2.45) is 5.92 Å². The molecule has 1 fully saturated rings. The summed E-state index contributed by atoms with van der Waals surface area (Å²) in [6, 6.07) is 7.50. The summed E-state index contributed by atoms with van der Waals surface area (Å²) in [4.78, 5) is 29.2. The lowest BCUT2D eigenvalue weighted by atomic mass is 10.1. The van der Waals surface area contributed by atoms with Crippen molar-refractivity contribution in [2.75, 3.05) is 10.6 Å². The molecule has 0 bridgehead atoms. The number of nitrogens with one attached hydrogen (secondary N) is 2. The van der Waals surface area contributed by atoms with Crippen LogP contribution in [0.3, 0.4) is 0 Å². The second kappa shape index (κ2) is 8.45. The van der Waals surface area contributed by atoms with Crippen LogP contribution in [-0.4, -0.2) is 37.7 Å². The minimum Gasteiger partial charge on any atom is -0.325 e. The molecule has 0 unspecified atom stereocenters. The van der Waals surface area contributed by atoms with Crippen molar-refractivity contribution in [3.05, 3.63) is 53.6 Å². The van der Waals surface area contributed by atoms with Crippen LogP contribution >= 0.6 is 0 Å². The Bertz CT molecular complexity index is 1190. The van der Waals surface area contributed by atoms with E-state index >= 15 is 0 Å². The quantitative estimate of drug-likeness (QED) is 0.605. The lowest BCUT2D eigenvalue weighted by Gasteiger charge is -2.13. The molecule has 0 radical (unpaired) electrons. The van der Waals surface area contributed by atoms with Gasteiger partial charge >= 0.3 is 0 Å². The molecule has 2 heterocycles. The van der Waals surface area contributed by atoms with Crippen LogP contribution in [0.25, 0.3) is 11.5 Å². The summed E-state index contributed by atoms with van der Waals surface area (Å²) in [5, 5.41) is 13.1. The summed E-state index contributed by atoms with van der Waals surface area (Å²) in [5.41, 5.74) is 0.914. The summed E-state index contributed by atoms with van der Waals surface area (Å²) in [6.45, 7) is 5.55. The van der Waals surface area contributed by atoms with E-state index < -0.39 is 29.7 Å². The number of alkyl halides is 1. The summed E-state index contributed by atoms with van der Waals surface area (Å²) >= 11 is 0. The molecule has 2 amide bonds. The molecule has 0 spiro atoms. The Morgan fingerprint density at radius 3 is 2.66 bits per heavy atom. The molecule has 8 nitrogen and oxygen atoms in total. The molecule has 32 heavy (non-hydrogen) atoms. The first-order chi connectivity index (χ1) is 15.2. The van der Waals surface area contributed by atoms with Gasteiger partial charge in [0.05, 0.1) is 11.5 Å². The molecule has 2 aromatic heterocycles. The van der Waals surface area contributed by atoms with Gasteiger partial charge in [-0.05, 0) is 57.0 Å². The van der Waals surface area contributed by atoms with E-state index in [9.17, 15) is 18.4 Å². The zero-order valence-electron chi connectivity index (χ0n) is 17.8. The first-order valence-electron chi connectivity index (χ1n) is 10.2. The highest BCUT2D eigenvalue weighted by molar-refractivity contribution is 6.05. The second-order valence-electron chi connectivity index (χ2n) is 8.01. The number of nitrogens with zero attached hydrogens (tertiary/aromatic N) is 4. The highest BCUT2D eigenvalue weighted by Crippen LogP contribution is 2.35. The lowest BCUT2D eigenvalue weighted by Crippen LogP contribution is -2.19. The largest absolute Gasteiger partial charge is 0.325 e. The predicted molar refractivity (Wildman–Crippen MR) is 114 cm³/mol. The highest BCUT2D eigenvalue weighted by Gasteiger charge is 2.43. The zero-order chi connectivity index (χ0) is 23.0. The number of carbonyl (C=O) groups excluding carboxylic acids is 2. The van der Waals surface area contributed by atoms with Crippen LogP contribution in [0.1, 0.15) is 42.2 Å². The minimum absolute atomic E-state index is 0.110. The number of aryl methyl sites for hydroxylation is 1. The Hall–Kier alpha value is -3.69. The van der Waals surface area contributed by atoms with Gasteiger partial charge in [0, 0.05) is 11.7 Å². The van der Waals surface area contributed by atoms with E-state index in [2.05, 4.69) is 25.8 Å². The zero-order valence-corrected chi connectivity index (χ0v) is 17.8. The third-order valence-corrected chi connectivity index (χ3v) is 5.22. The van der Waals surface area contributed by atoms with E-state index in [1.165, 1.54) is 6.07 Å². The monoisotopic (exact) mass is 440 g/mol. The average Bonchev–Trinajstić information content (AvgIpc) is 3.27. The second-order valence-corrected chi connectivity index (χ2v) is 8.01. The number of hydrogen-bond acceptors (Lipinski definition) is 5. The fraction of sp³-hybridized carbons (Fsp3) is 0.318. The first-order valence-corrected chi connectivity index (χ1v) is 10.2. The maximum Gasteiger partial charge on any atom is 0.259 e. The molecular weight excluding hydrogens is 418 g/mol. The molecule has 1 aliphatic carbocycles. The number of hydrogen-bond donors (Lipinski definition) is 2. The Labute approximate surface area is 183 Å². The van der Waals surface area contributed by atoms with Crippen molar-refractivity contribution in [2.45, 2.75) is 39.4 Å². The van der Waals surface area contributed by atoms with Crippen LogP contribution < -0.4 is 10.6 Å². The predicted octanol–water partition coefficient (Wildman–Crippen LogP) is 3.92. The van der Waals surface area contributed by atoms with Gasteiger partial charge in [-0.2, -0.15) is 0 Å². The summed E-state index contributed by atoms with van der Waals surface area (Å²) in [5.74, 6) is -1.92. The number of carbonyl (C=O) groups is 2. The molecule has 2 N–H and O–H groups in total. The third kappa shape index (κ3) is 4.34. The number of rotatable bonds is 6. The summed E-state index contributed by atoms with van der Waals surface area (Å²) in [6.07, 6.45) is 0.613. The number of halogens is 2. The third-order valence-electron chi connectivity index (χ3n) is 5.22. The van der Waals surface area contributed by atoms with Gasteiger partial charge in [0.15, 0.2) is 5.82 Å². The standard InChI is InChI=1S/C22H22F2N6O2/c1-11(2)30-10-25-29-20(30)17-5-4-6-19(26-17)28-22(32)14-9-18(12(3)7-15(14)23)27-21(31)13-8-16(13)24/h4-7,9-11,13,16H,8H2,1-3H3,(H,27,31)(H,26,28,32)/t13-,16+/m0/s1. The van der Waals surface area contributed by atoms with Crippen molar-refractivity contribution in [3.63, 3.8) is 0 Å². The Morgan fingerprint density at radius 2 is 1.97 bits per heavy atom. The van der Waals surface area contributed by atoms with Gasteiger partial charge in [-0.25, -0.2) is 13.8 Å². The fourth-order valence-electron chi connectivity index (χ4n) is 3.26. The smallest absolute Gasteiger partial charge is 0.259 e. The Morgan fingerprint density at radius 1 is 1.22 bits per heavy atom. The molecule has 1 aromatic carbocycles. The maximum atomic E-state index is 14.5. The number of pyridine rings is 1. The molecule has 0 saturated heterocycles. The molecule has 1 aliphatic rings. The van der Waals surface area contributed by atoms with Gasteiger partial charge in [0.2, 0.25) is 5.91 Å². The van der Waals surface area contributed by atoms with E-state index in [1.54, 1.807) is 31.5 Å². The number of anilines is 2. The van der Waals surface area contributed by atoms with E-state index in [-0.39, 0.29) is 29.5 Å². The van der Waals surface area contributed by atoms with Crippen LogP contribution in [0.2, 0.25) is 0 Å². The summed E-state index contributed by atoms with van der Waals surface area (Å²) < 4.78 is 29.5. The Kier molecular flexibility index (Phi) is 5.68. The Balaban J connectivity index is 1.56. The van der Waals surface area contributed by atoms with Gasteiger partial charge < -0.3 is 15.2 Å². The van der Waals surface area contributed by atoms with E-state index in [0.717, 1.165) is 6.07 Å². The maximum absolute atomic E-state index is 14.5. The van der Waals surface area contributed by atoms with Crippen LogP contribution in [0.4, 0.5) is 20.3 Å². The average molecular weight is 440 g/mol. The lowest BCUT2D eigenvalue weighted by molar-refractivity contribution is -0.117. The van der Waals surface area contributed by atoms with Crippen LogP contribution in [0.5, 0.6) is 0 Å². The molecule has 3 aromatic rings. The van der Waals surface area contributed by atoms with Crippen molar-refractivity contribution >= 4 is 23.3 Å². The van der Waals surface area contributed by atoms with Gasteiger partial charge in [-0.15, -0.1) is 10.2 Å². The van der Waals surface area contributed by atoms with E-state index in [1.807, 2.05) is 18.4 Å². The SMILES string of the molecule is Cc1cc(F)c(C(=O)Nc2cccc(-c3nncn3C(C)C)n2)cc1NC(=O)[C@H]1C[C@H]1F. The van der Waals surface area contributed by atoms with Crippen LogP contribution in [0, 0.1) is 18.7 Å². The van der Waals surface area contributed by atoms with Crippen molar-refractivity contribution < 1.29 is 18.4 Å². The van der Waals surface area contributed by atoms with E-state index in [0.29, 0.717) is 17.1 Å². The highest BCUT2D eigenvalue weighted by atomic mass is 19.1. The number of benzene rings is 1. The van der Waals surface area contributed by atoms with Gasteiger partial charge in [0.25, 0.3) is 5.91 Å². The molecule has 2 atom stereocenters. The normalized spacial score (nSPS) is 17.3. The van der Waals surface area contributed by atoms with E-state index in [4.69, 9.17) is 0 Å². The topological polar surface area (TPSA) is 102 Å². The van der Waals surface area contributed by atoms with Crippen molar-refractivity contribution in [1.82, 2.24) is 19.7 Å². The number of aromatic nitrogens is 4. The number of amides is 2. The molecular formula is C22H22F2N6O2.